The van der Waals surface area contributed by atoms with E-state index in [1.165, 1.54) is 12.2 Å². The molecule has 1 unspecified atom stereocenters. The Morgan fingerprint density at radius 1 is 1.57 bits per heavy atom. The Morgan fingerprint density at radius 3 is 2.79 bits per heavy atom. The van der Waals surface area contributed by atoms with Crippen LogP contribution in [0.15, 0.2) is 0 Å². The van der Waals surface area contributed by atoms with Crippen LogP contribution in [-0.2, 0) is 0 Å². The molecule has 0 radical (unpaired) electrons. The predicted molar refractivity (Wildman–Crippen MR) is 57.0 cm³/mol. The van der Waals surface area contributed by atoms with Crippen molar-refractivity contribution in [2.24, 2.45) is 5.73 Å². The summed E-state index contributed by atoms with van der Waals surface area (Å²) in [7, 11) is 1.74. The Hall–Kier alpha value is 0.130. The van der Waals surface area contributed by atoms with E-state index in [-0.39, 0.29) is 6.54 Å². The molecule has 1 aliphatic rings. The lowest BCUT2D eigenvalue weighted by atomic mass is 10.2. The summed E-state index contributed by atoms with van der Waals surface area (Å²) >= 11 is 1.89. The number of alkyl halides is 2. The zero-order chi connectivity index (χ0) is 10.6. The van der Waals surface area contributed by atoms with Crippen LogP contribution in [0.1, 0.15) is 12.8 Å². The fraction of sp³-hybridized carbons (Fsp3) is 1.00. The topological polar surface area (TPSA) is 29.3 Å². The monoisotopic (exact) mass is 224 g/mol. The van der Waals surface area contributed by atoms with E-state index in [0.29, 0.717) is 5.25 Å². The van der Waals surface area contributed by atoms with E-state index in [1.54, 1.807) is 11.9 Å². The average Bonchev–Trinajstić information content (AvgIpc) is 2.55. The van der Waals surface area contributed by atoms with Gasteiger partial charge in [-0.25, -0.2) is 8.78 Å². The van der Waals surface area contributed by atoms with Crippen molar-refractivity contribution in [3.8, 4) is 0 Å². The fourth-order valence-electron chi connectivity index (χ4n) is 1.66. The SMILES string of the molecule is CN(CC1CCCS1)CC(F)(F)CN. The van der Waals surface area contributed by atoms with Gasteiger partial charge in [-0.15, -0.1) is 0 Å². The van der Waals surface area contributed by atoms with E-state index >= 15 is 0 Å². The van der Waals surface area contributed by atoms with Crippen LogP contribution in [0.25, 0.3) is 0 Å². The molecule has 5 heteroatoms. The molecule has 14 heavy (non-hydrogen) atoms. The first-order valence-electron chi connectivity index (χ1n) is 4.91. The van der Waals surface area contributed by atoms with Crippen LogP contribution in [0.2, 0.25) is 0 Å². The van der Waals surface area contributed by atoms with E-state index < -0.39 is 12.5 Å². The second-order valence-electron chi connectivity index (χ2n) is 3.89. The largest absolute Gasteiger partial charge is 0.325 e. The highest BCUT2D eigenvalue weighted by Gasteiger charge is 2.29. The Morgan fingerprint density at radius 2 is 2.29 bits per heavy atom. The smallest absolute Gasteiger partial charge is 0.272 e. The normalized spacial score (nSPS) is 23.4. The molecular weight excluding hydrogens is 206 g/mol. The van der Waals surface area contributed by atoms with Gasteiger partial charge in [-0.3, -0.25) is 4.90 Å². The minimum Gasteiger partial charge on any atom is -0.325 e. The van der Waals surface area contributed by atoms with Gasteiger partial charge in [0.1, 0.15) is 0 Å². The minimum atomic E-state index is -2.74. The van der Waals surface area contributed by atoms with E-state index in [4.69, 9.17) is 5.73 Å². The van der Waals surface area contributed by atoms with Crippen molar-refractivity contribution in [2.75, 3.05) is 32.4 Å². The number of hydrogen-bond acceptors (Lipinski definition) is 3. The van der Waals surface area contributed by atoms with Gasteiger partial charge in [0, 0.05) is 11.8 Å². The highest BCUT2D eigenvalue weighted by Crippen LogP contribution is 2.27. The molecule has 0 aliphatic carbocycles. The molecule has 0 spiro atoms. The zero-order valence-corrected chi connectivity index (χ0v) is 9.33. The second-order valence-corrected chi connectivity index (χ2v) is 5.30. The highest BCUT2D eigenvalue weighted by atomic mass is 32.2. The first kappa shape index (κ1) is 12.2. The third-order valence-corrected chi connectivity index (χ3v) is 3.72. The molecule has 1 fully saturated rings. The van der Waals surface area contributed by atoms with Gasteiger partial charge in [-0.05, 0) is 25.6 Å². The van der Waals surface area contributed by atoms with Gasteiger partial charge in [-0.2, -0.15) is 11.8 Å². The molecule has 0 bridgehead atoms. The summed E-state index contributed by atoms with van der Waals surface area (Å²) in [5.74, 6) is -1.57. The summed E-state index contributed by atoms with van der Waals surface area (Å²) in [5.41, 5.74) is 4.98. The maximum absolute atomic E-state index is 12.9. The predicted octanol–water partition coefficient (Wildman–Crippen LogP) is 1.41. The molecule has 1 rings (SSSR count). The lowest BCUT2D eigenvalue weighted by molar-refractivity contribution is -0.0172. The highest BCUT2D eigenvalue weighted by molar-refractivity contribution is 8.00. The number of rotatable bonds is 5. The van der Waals surface area contributed by atoms with Crippen LogP contribution in [0.4, 0.5) is 8.78 Å². The minimum absolute atomic E-state index is 0.222. The molecule has 84 valence electrons. The molecule has 1 heterocycles. The first-order chi connectivity index (χ1) is 6.53. The molecule has 0 aromatic carbocycles. The molecule has 0 saturated carbocycles. The van der Waals surface area contributed by atoms with Gasteiger partial charge in [0.15, 0.2) is 0 Å². The van der Waals surface area contributed by atoms with E-state index in [1.807, 2.05) is 11.8 Å². The molecule has 1 saturated heterocycles. The maximum atomic E-state index is 12.9. The van der Waals surface area contributed by atoms with Gasteiger partial charge in [0.25, 0.3) is 5.92 Å². The van der Waals surface area contributed by atoms with Crippen molar-refractivity contribution < 1.29 is 8.78 Å². The molecule has 2 N–H and O–H groups in total. The molecule has 1 aliphatic heterocycles. The number of nitrogens with two attached hydrogens (primary N) is 1. The van der Waals surface area contributed by atoms with Crippen LogP contribution in [0, 0.1) is 0 Å². The van der Waals surface area contributed by atoms with E-state index in [2.05, 4.69) is 0 Å². The van der Waals surface area contributed by atoms with Crippen molar-refractivity contribution in [2.45, 2.75) is 24.0 Å². The molecule has 0 aromatic heterocycles. The van der Waals surface area contributed by atoms with Crippen molar-refractivity contribution in [1.29, 1.82) is 0 Å². The van der Waals surface area contributed by atoms with E-state index in [0.717, 1.165) is 13.0 Å². The number of thioether (sulfide) groups is 1. The fourth-order valence-corrected chi connectivity index (χ4v) is 3.02. The zero-order valence-electron chi connectivity index (χ0n) is 8.51. The quantitative estimate of drug-likeness (QED) is 0.765. The summed E-state index contributed by atoms with van der Waals surface area (Å²) in [4.78, 5) is 1.69. The van der Waals surface area contributed by atoms with Crippen LogP contribution in [-0.4, -0.2) is 48.5 Å². The molecule has 2 nitrogen and oxygen atoms in total. The van der Waals surface area contributed by atoms with Crippen molar-refractivity contribution in [1.82, 2.24) is 4.90 Å². The molecular formula is C9H18F2N2S. The third kappa shape index (κ3) is 4.11. The molecule has 0 aromatic rings. The molecule has 0 amide bonds. The maximum Gasteiger partial charge on any atom is 0.272 e. The summed E-state index contributed by atoms with van der Waals surface area (Å²) in [6.45, 7) is -0.0318. The molecule has 1 atom stereocenters. The van der Waals surface area contributed by atoms with Crippen molar-refractivity contribution in [3.05, 3.63) is 0 Å². The van der Waals surface area contributed by atoms with Gasteiger partial charge >= 0.3 is 0 Å². The van der Waals surface area contributed by atoms with Crippen LogP contribution in [0.5, 0.6) is 0 Å². The Balaban J connectivity index is 2.23. The number of hydrogen-bond donors (Lipinski definition) is 1. The first-order valence-corrected chi connectivity index (χ1v) is 5.96. The van der Waals surface area contributed by atoms with Crippen LogP contribution < -0.4 is 5.73 Å². The Bertz CT molecular complexity index is 172. The van der Waals surface area contributed by atoms with Gasteiger partial charge in [0.2, 0.25) is 0 Å². The summed E-state index contributed by atoms with van der Waals surface area (Å²) < 4.78 is 25.8. The lowest BCUT2D eigenvalue weighted by Crippen LogP contribution is -2.42. The van der Waals surface area contributed by atoms with E-state index in [9.17, 15) is 8.78 Å². The third-order valence-electron chi connectivity index (χ3n) is 2.34. The van der Waals surface area contributed by atoms with Crippen molar-refractivity contribution >= 4 is 11.8 Å². The lowest BCUT2D eigenvalue weighted by Gasteiger charge is -2.24. The summed E-state index contributed by atoms with van der Waals surface area (Å²) in [6.07, 6.45) is 2.37. The number of nitrogens with zero attached hydrogens (tertiary/aromatic N) is 1. The van der Waals surface area contributed by atoms with Crippen LogP contribution in [0.3, 0.4) is 0 Å². The Labute approximate surface area is 88.2 Å². The van der Waals surface area contributed by atoms with Gasteiger partial charge in [-0.1, -0.05) is 0 Å². The van der Waals surface area contributed by atoms with Crippen molar-refractivity contribution in [3.63, 3.8) is 0 Å². The average molecular weight is 224 g/mol. The van der Waals surface area contributed by atoms with Crippen LogP contribution >= 0.6 is 11.8 Å². The number of halogens is 2. The van der Waals surface area contributed by atoms with Gasteiger partial charge in [0.05, 0.1) is 13.1 Å². The van der Waals surface area contributed by atoms with Gasteiger partial charge < -0.3 is 5.73 Å². The Kier molecular flexibility index (Phi) is 4.60. The second kappa shape index (κ2) is 5.28. The summed E-state index contributed by atoms with van der Waals surface area (Å²) in [5, 5.41) is 0.536. The standard InChI is InChI=1S/C9H18F2N2S/c1-13(7-9(10,11)6-12)5-8-3-2-4-14-8/h8H,2-7,12H2,1H3. The summed E-state index contributed by atoms with van der Waals surface area (Å²) in [6, 6.07) is 0.